The fourth-order valence-corrected chi connectivity index (χ4v) is 2.87. The number of carbonyl (C=O) groups is 3. The summed E-state index contributed by atoms with van der Waals surface area (Å²) in [6, 6.07) is 16.1. The molecule has 0 bridgehead atoms. The van der Waals surface area contributed by atoms with E-state index in [1.807, 2.05) is 30.3 Å². The van der Waals surface area contributed by atoms with Gasteiger partial charge in [-0.2, -0.15) is 0 Å². The maximum absolute atomic E-state index is 12.3. The third-order valence-corrected chi connectivity index (χ3v) is 4.36. The highest BCUT2D eigenvalue weighted by Crippen LogP contribution is 2.16. The molecule has 1 saturated heterocycles. The first-order valence-electron chi connectivity index (χ1n) is 9.23. The fourth-order valence-electron chi connectivity index (χ4n) is 2.87. The molecule has 7 nitrogen and oxygen atoms in total. The molecule has 146 valence electrons. The van der Waals surface area contributed by atoms with Crippen LogP contribution in [0.5, 0.6) is 0 Å². The van der Waals surface area contributed by atoms with Crippen LogP contribution in [0.25, 0.3) is 0 Å². The summed E-state index contributed by atoms with van der Waals surface area (Å²) in [5, 5.41) is 8.09. The van der Waals surface area contributed by atoms with E-state index in [1.54, 1.807) is 24.3 Å². The van der Waals surface area contributed by atoms with Gasteiger partial charge in [-0.3, -0.25) is 14.4 Å². The zero-order chi connectivity index (χ0) is 19.8. The monoisotopic (exact) mass is 381 g/mol. The van der Waals surface area contributed by atoms with Gasteiger partial charge in [-0.15, -0.1) is 0 Å². The van der Waals surface area contributed by atoms with Crippen molar-refractivity contribution in [1.29, 1.82) is 0 Å². The Hall–Kier alpha value is -3.19. The number of benzene rings is 2. The standard InChI is InChI=1S/C21H23N3O4/c25-19(22-13-15-6-2-1-3-7-15)14-23-20(26)16-8-4-9-17(12-16)24-21(27)18-10-5-11-28-18/h1-4,6-9,12,18H,5,10-11,13-14H2,(H,22,25)(H,23,26)(H,24,27). The maximum atomic E-state index is 12.3. The van der Waals surface area contributed by atoms with Crippen LogP contribution in [0.3, 0.4) is 0 Å². The zero-order valence-electron chi connectivity index (χ0n) is 15.4. The molecule has 1 aliphatic rings. The van der Waals surface area contributed by atoms with Gasteiger partial charge in [0.2, 0.25) is 5.91 Å². The van der Waals surface area contributed by atoms with Gasteiger partial charge >= 0.3 is 0 Å². The molecule has 28 heavy (non-hydrogen) atoms. The van der Waals surface area contributed by atoms with E-state index in [-0.39, 0.29) is 24.3 Å². The van der Waals surface area contributed by atoms with E-state index in [1.165, 1.54) is 0 Å². The molecule has 2 aromatic rings. The van der Waals surface area contributed by atoms with Gasteiger partial charge in [-0.1, -0.05) is 36.4 Å². The average molecular weight is 381 g/mol. The van der Waals surface area contributed by atoms with Crippen molar-refractivity contribution >= 4 is 23.4 Å². The molecule has 1 aliphatic heterocycles. The van der Waals surface area contributed by atoms with Crippen molar-refractivity contribution in [3.8, 4) is 0 Å². The Balaban J connectivity index is 1.47. The molecule has 1 unspecified atom stereocenters. The summed E-state index contributed by atoms with van der Waals surface area (Å²) < 4.78 is 5.35. The van der Waals surface area contributed by atoms with Crippen molar-refractivity contribution in [2.75, 3.05) is 18.5 Å². The minimum Gasteiger partial charge on any atom is -0.368 e. The summed E-state index contributed by atoms with van der Waals surface area (Å²) in [4.78, 5) is 36.3. The molecule has 1 atom stereocenters. The molecule has 0 saturated carbocycles. The molecule has 3 N–H and O–H groups in total. The smallest absolute Gasteiger partial charge is 0.253 e. The molecular formula is C21H23N3O4. The van der Waals surface area contributed by atoms with Gasteiger partial charge in [-0.25, -0.2) is 0 Å². The van der Waals surface area contributed by atoms with Gasteiger partial charge < -0.3 is 20.7 Å². The second-order valence-electron chi connectivity index (χ2n) is 6.52. The molecular weight excluding hydrogens is 358 g/mol. The summed E-state index contributed by atoms with van der Waals surface area (Å²) >= 11 is 0. The third-order valence-electron chi connectivity index (χ3n) is 4.36. The molecule has 0 aromatic heterocycles. The second kappa shape index (κ2) is 9.66. The average Bonchev–Trinajstić information content (AvgIpc) is 3.26. The minimum atomic E-state index is -0.439. The van der Waals surface area contributed by atoms with E-state index in [2.05, 4.69) is 16.0 Å². The van der Waals surface area contributed by atoms with Crippen molar-refractivity contribution in [2.24, 2.45) is 0 Å². The van der Waals surface area contributed by atoms with Gasteiger partial charge in [0.05, 0.1) is 6.54 Å². The number of hydrogen-bond acceptors (Lipinski definition) is 4. The Bertz CT molecular complexity index is 833. The topological polar surface area (TPSA) is 96.5 Å². The lowest BCUT2D eigenvalue weighted by Gasteiger charge is -2.11. The Labute approximate surface area is 163 Å². The lowest BCUT2D eigenvalue weighted by atomic mass is 10.1. The fraction of sp³-hybridized carbons (Fsp3) is 0.286. The van der Waals surface area contributed by atoms with E-state index >= 15 is 0 Å². The van der Waals surface area contributed by atoms with Gasteiger partial charge in [0, 0.05) is 24.4 Å². The predicted octanol–water partition coefficient (Wildman–Crippen LogP) is 1.85. The van der Waals surface area contributed by atoms with Gasteiger partial charge in [-0.05, 0) is 36.6 Å². The highest BCUT2D eigenvalue weighted by molar-refractivity contribution is 5.99. The molecule has 3 amide bonds. The summed E-state index contributed by atoms with van der Waals surface area (Å²) in [5.74, 6) is -0.876. The van der Waals surface area contributed by atoms with Crippen LogP contribution in [0.1, 0.15) is 28.8 Å². The van der Waals surface area contributed by atoms with E-state index in [9.17, 15) is 14.4 Å². The van der Waals surface area contributed by atoms with Gasteiger partial charge in [0.25, 0.3) is 11.8 Å². The van der Waals surface area contributed by atoms with E-state index in [0.29, 0.717) is 30.8 Å². The summed E-state index contributed by atoms with van der Waals surface area (Å²) in [6.07, 6.45) is 1.13. The number of rotatable bonds is 7. The molecule has 2 aromatic carbocycles. The first-order valence-corrected chi connectivity index (χ1v) is 9.23. The Kier molecular flexibility index (Phi) is 6.75. The van der Waals surface area contributed by atoms with Crippen molar-refractivity contribution < 1.29 is 19.1 Å². The highest BCUT2D eigenvalue weighted by Gasteiger charge is 2.23. The summed E-state index contributed by atoms with van der Waals surface area (Å²) in [5.41, 5.74) is 1.86. The number of amides is 3. The molecule has 3 rings (SSSR count). The van der Waals surface area contributed by atoms with Crippen LogP contribution in [0, 0.1) is 0 Å². The highest BCUT2D eigenvalue weighted by atomic mass is 16.5. The third kappa shape index (κ3) is 5.65. The number of anilines is 1. The van der Waals surface area contributed by atoms with E-state index in [0.717, 1.165) is 12.0 Å². The minimum absolute atomic E-state index is 0.127. The van der Waals surface area contributed by atoms with Gasteiger partial charge in [0.15, 0.2) is 0 Å². The molecule has 7 heteroatoms. The van der Waals surface area contributed by atoms with Crippen LogP contribution in [0.15, 0.2) is 54.6 Å². The molecule has 0 aliphatic carbocycles. The first kappa shape index (κ1) is 19.6. The first-order chi connectivity index (χ1) is 13.6. The van der Waals surface area contributed by atoms with Crippen molar-refractivity contribution in [3.05, 3.63) is 65.7 Å². The number of nitrogens with one attached hydrogen (secondary N) is 3. The molecule has 0 radical (unpaired) electrons. The molecule has 1 fully saturated rings. The largest absolute Gasteiger partial charge is 0.368 e. The van der Waals surface area contributed by atoms with E-state index < -0.39 is 6.10 Å². The summed E-state index contributed by atoms with van der Waals surface area (Å²) in [7, 11) is 0. The van der Waals surface area contributed by atoms with Crippen LogP contribution < -0.4 is 16.0 Å². The SMILES string of the molecule is O=C(CNC(=O)c1cccc(NC(=O)C2CCCO2)c1)NCc1ccccc1. The number of carbonyl (C=O) groups excluding carboxylic acids is 3. The van der Waals surface area contributed by atoms with Crippen molar-refractivity contribution in [3.63, 3.8) is 0 Å². The zero-order valence-corrected chi connectivity index (χ0v) is 15.4. The number of ether oxygens (including phenoxy) is 1. The lowest BCUT2D eigenvalue weighted by molar-refractivity contribution is -0.124. The Morgan fingerprint density at radius 1 is 1.00 bits per heavy atom. The molecule has 1 heterocycles. The van der Waals surface area contributed by atoms with Crippen LogP contribution in [0.4, 0.5) is 5.69 Å². The van der Waals surface area contributed by atoms with Crippen LogP contribution >= 0.6 is 0 Å². The van der Waals surface area contributed by atoms with Crippen LogP contribution in [0.2, 0.25) is 0 Å². The van der Waals surface area contributed by atoms with Gasteiger partial charge in [0.1, 0.15) is 6.10 Å². The lowest BCUT2D eigenvalue weighted by Crippen LogP contribution is -2.36. The Morgan fingerprint density at radius 2 is 1.82 bits per heavy atom. The number of hydrogen-bond donors (Lipinski definition) is 3. The summed E-state index contributed by atoms with van der Waals surface area (Å²) in [6.45, 7) is 0.866. The Morgan fingerprint density at radius 3 is 2.57 bits per heavy atom. The second-order valence-corrected chi connectivity index (χ2v) is 6.52. The van der Waals surface area contributed by atoms with Crippen LogP contribution in [-0.4, -0.2) is 37.0 Å². The van der Waals surface area contributed by atoms with Crippen molar-refractivity contribution in [2.45, 2.75) is 25.5 Å². The van der Waals surface area contributed by atoms with Crippen molar-refractivity contribution in [1.82, 2.24) is 10.6 Å². The predicted molar refractivity (Wildman–Crippen MR) is 105 cm³/mol. The quantitative estimate of drug-likeness (QED) is 0.682. The maximum Gasteiger partial charge on any atom is 0.253 e. The molecule has 0 spiro atoms. The van der Waals surface area contributed by atoms with E-state index in [4.69, 9.17) is 4.74 Å². The normalized spacial score (nSPS) is 15.6. The van der Waals surface area contributed by atoms with Crippen LogP contribution in [-0.2, 0) is 20.9 Å².